The highest BCUT2D eigenvalue weighted by atomic mass is 16.3. The highest BCUT2D eigenvalue weighted by Crippen LogP contribution is 2.34. The number of hydrogen-bond donors (Lipinski definition) is 2. The molecular formula is C32H32N4O5. The summed E-state index contributed by atoms with van der Waals surface area (Å²) in [6.45, 7) is 2.80. The minimum absolute atomic E-state index is 0.153. The minimum atomic E-state index is -0.885. The van der Waals surface area contributed by atoms with Crippen LogP contribution in [-0.4, -0.2) is 62.4 Å². The Kier molecular flexibility index (Phi) is 7.23. The molecule has 41 heavy (non-hydrogen) atoms. The molecule has 1 aromatic heterocycles. The van der Waals surface area contributed by atoms with E-state index in [1.807, 2.05) is 30.3 Å². The average molecular weight is 553 g/mol. The highest BCUT2D eigenvalue weighted by molar-refractivity contribution is 6.25. The third-order valence-electron chi connectivity index (χ3n) is 8.43. The van der Waals surface area contributed by atoms with Gasteiger partial charge in [0, 0.05) is 44.5 Å². The first-order chi connectivity index (χ1) is 19.8. The number of carbonyl (C=O) groups is 4. The summed E-state index contributed by atoms with van der Waals surface area (Å²) in [7, 11) is 0. The molecule has 2 aromatic carbocycles. The number of fused-ring (bicyclic) bond motifs is 1. The van der Waals surface area contributed by atoms with Gasteiger partial charge in [-0.2, -0.15) is 0 Å². The van der Waals surface area contributed by atoms with Gasteiger partial charge < -0.3 is 10.4 Å². The maximum absolute atomic E-state index is 13.3. The smallest absolute Gasteiger partial charge is 0.264 e. The molecule has 3 aromatic rings. The Morgan fingerprint density at radius 2 is 1.66 bits per heavy atom. The van der Waals surface area contributed by atoms with Crippen molar-refractivity contribution in [2.45, 2.75) is 56.8 Å². The van der Waals surface area contributed by atoms with Crippen LogP contribution in [-0.2, 0) is 28.3 Å². The molecule has 0 radical (unpaired) electrons. The molecule has 3 heterocycles. The monoisotopic (exact) mass is 552 g/mol. The van der Waals surface area contributed by atoms with Crippen LogP contribution in [0.4, 0.5) is 5.69 Å². The number of anilines is 1. The molecule has 1 aliphatic carbocycles. The molecule has 2 fully saturated rings. The number of carbonyl (C=O) groups excluding carboxylic acids is 4. The molecule has 2 N–H and O–H groups in total. The van der Waals surface area contributed by atoms with Crippen molar-refractivity contribution in [1.29, 1.82) is 0 Å². The number of hydrogen-bond acceptors (Lipinski definition) is 8. The van der Waals surface area contributed by atoms with Gasteiger partial charge in [-0.15, -0.1) is 0 Å². The first-order valence-corrected chi connectivity index (χ1v) is 14.1. The lowest BCUT2D eigenvalue weighted by Crippen LogP contribution is -2.47. The molecule has 9 nitrogen and oxygen atoms in total. The van der Waals surface area contributed by atoms with E-state index in [4.69, 9.17) is 0 Å². The number of rotatable bonds is 7. The summed E-state index contributed by atoms with van der Waals surface area (Å²) >= 11 is 0. The lowest BCUT2D eigenvalue weighted by molar-refractivity contribution is -0.132. The molecule has 3 aliphatic rings. The van der Waals surface area contributed by atoms with Crippen molar-refractivity contribution >= 4 is 29.1 Å². The van der Waals surface area contributed by atoms with Gasteiger partial charge in [-0.05, 0) is 54.7 Å². The third kappa shape index (κ3) is 5.30. The third-order valence-corrected chi connectivity index (χ3v) is 8.43. The number of imide groups is 1. The number of Topliss-reactive ketones (excluding diaryl/α,β-unsaturated/α-hetero) is 2. The fourth-order valence-electron chi connectivity index (χ4n) is 6.06. The van der Waals surface area contributed by atoms with Gasteiger partial charge in [0.25, 0.3) is 11.8 Å². The van der Waals surface area contributed by atoms with Gasteiger partial charge in [0.1, 0.15) is 11.4 Å². The number of ketones is 2. The lowest BCUT2D eigenvalue weighted by atomic mass is 9.87. The van der Waals surface area contributed by atoms with E-state index >= 15 is 0 Å². The van der Waals surface area contributed by atoms with Crippen LogP contribution in [0.15, 0.2) is 66.9 Å². The molecule has 0 bridgehead atoms. The Hall–Kier alpha value is -4.21. The molecule has 6 rings (SSSR count). The van der Waals surface area contributed by atoms with Crippen molar-refractivity contribution in [1.82, 2.24) is 14.8 Å². The fraction of sp³-hybridized carbons (Fsp3) is 0.344. The first kappa shape index (κ1) is 27.0. The molecule has 1 atom stereocenters. The summed E-state index contributed by atoms with van der Waals surface area (Å²) in [5, 5.41) is 14.3. The van der Waals surface area contributed by atoms with Crippen molar-refractivity contribution in [2.75, 3.05) is 18.4 Å². The second-order valence-corrected chi connectivity index (χ2v) is 11.1. The van der Waals surface area contributed by atoms with Gasteiger partial charge in [0.2, 0.25) is 0 Å². The molecule has 210 valence electrons. The Morgan fingerprint density at radius 1 is 0.902 bits per heavy atom. The quantitative estimate of drug-likeness (QED) is 0.338. The van der Waals surface area contributed by atoms with Gasteiger partial charge in [-0.3, -0.25) is 34.0 Å². The van der Waals surface area contributed by atoms with Crippen LogP contribution >= 0.6 is 0 Å². The van der Waals surface area contributed by atoms with Crippen LogP contribution in [0.3, 0.4) is 0 Å². The Morgan fingerprint density at radius 3 is 2.37 bits per heavy atom. The SMILES string of the molecule is O=C1CCC(N2C(=O)c3cccc(NCc4ccc(CN5CCC(O)(c6ccccn6)CC5)cc4)c3C2=O)C(=O)C1. The maximum Gasteiger partial charge on any atom is 0.264 e. The van der Waals surface area contributed by atoms with Gasteiger partial charge in [0.05, 0.1) is 29.3 Å². The predicted molar refractivity (Wildman–Crippen MR) is 151 cm³/mol. The summed E-state index contributed by atoms with van der Waals surface area (Å²) in [5.74, 6) is -1.51. The Bertz CT molecular complexity index is 1500. The highest BCUT2D eigenvalue weighted by Gasteiger charge is 2.45. The van der Waals surface area contributed by atoms with Gasteiger partial charge in [-0.25, -0.2) is 0 Å². The summed E-state index contributed by atoms with van der Waals surface area (Å²) in [6, 6.07) is 18.1. The number of nitrogens with zero attached hydrogens (tertiary/aromatic N) is 3. The summed E-state index contributed by atoms with van der Waals surface area (Å²) < 4.78 is 0. The van der Waals surface area contributed by atoms with E-state index in [-0.39, 0.29) is 42.0 Å². The molecule has 2 aliphatic heterocycles. The van der Waals surface area contributed by atoms with E-state index in [9.17, 15) is 24.3 Å². The van der Waals surface area contributed by atoms with Crippen LogP contribution in [0.1, 0.15) is 69.6 Å². The van der Waals surface area contributed by atoms with Crippen LogP contribution in [0.5, 0.6) is 0 Å². The van der Waals surface area contributed by atoms with E-state index < -0.39 is 23.5 Å². The zero-order valence-corrected chi connectivity index (χ0v) is 22.7. The molecule has 0 spiro atoms. The first-order valence-electron chi connectivity index (χ1n) is 14.1. The molecule has 1 saturated carbocycles. The number of pyridine rings is 1. The van der Waals surface area contributed by atoms with E-state index in [1.54, 1.807) is 24.4 Å². The van der Waals surface area contributed by atoms with Crippen molar-refractivity contribution in [3.63, 3.8) is 0 Å². The van der Waals surface area contributed by atoms with E-state index in [0.29, 0.717) is 25.1 Å². The van der Waals surface area contributed by atoms with Crippen LogP contribution in [0.2, 0.25) is 0 Å². The fourth-order valence-corrected chi connectivity index (χ4v) is 6.06. The number of piperidine rings is 1. The summed E-state index contributed by atoms with van der Waals surface area (Å²) in [6.07, 6.45) is 3.14. The molecule has 2 amide bonds. The zero-order chi connectivity index (χ0) is 28.6. The molecule has 1 saturated heterocycles. The van der Waals surface area contributed by atoms with Crippen molar-refractivity contribution in [3.05, 3.63) is 94.8 Å². The van der Waals surface area contributed by atoms with Crippen molar-refractivity contribution < 1.29 is 24.3 Å². The predicted octanol–water partition coefficient (Wildman–Crippen LogP) is 3.46. The van der Waals surface area contributed by atoms with Gasteiger partial charge in [-0.1, -0.05) is 36.4 Å². The average Bonchev–Trinajstić information content (AvgIpc) is 3.24. The van der Waals surface area contributed by atoms with Crippen LogP contribution in [0.25, 0.3) is 0 Å². The van der Waals surface area contributed by atoms with E-state index in [0.717, 1.165) is 35.8 Å². The van der Waals surface area contributed by atoms with E-state index in [2.05, 4.69) is 27.3 Å². The van der Waals surface area contributed by atoms with Crippen LogP contribution < -0.4 is 5.32 Å². The number of likely N-dealkylation sites (tertiary alicyclic amines) is 1. The molecule has 9 heteroatoms. The number of nitrogens with one attached hydrogen (secondary N) is 1. The number of benzene rings is 2. The Labute approximate surface area is 238 Å². The standard InChI is InChI=1S/C32H32N4O5/c37-23-11-12-26(27(38)18-23)36-30(39)24-4-3-5-25(29(24)31(36)40)34-19-21-7-9-22(10-8-21)20-35-16-13-32(41,14-17-35)28-6-1-2-15-33-28/h1-10,15,26,34,41H,11-14,16-20H2. The largest absolute Gasteiger partial charge is 0.383 e. The maximum atomic E-state index is 13.3. The zero-order valence-electron chi connectivity index (χ0n) is 22.7. The normalized spacial score (nSPS) is 20.8. The molecule has 1 unspecified atom stereocenters. The minimum Gasteiger partial charge on any atom is -0.383 e. The lowest BCUT2D eigenvalue weighted by Gasteiger charge is -2.37. The van der Waals surface area contributed by atoms with Crippen LogP contribution in [0, 0.1) is 0 Å². The molecular weight excluding hydrogens is 520 g/mol. The second-order valence-electron chi connectivity index (χ2n) is 11.1. The summed E-state index contributed by atoms with van der Waals surface area (Å²) in [4.78, 5) is 58.3. The van der Waals surface area contributed by atoms with Gasteiger partial charge in [0.15, 0.2) is 5.78 Å². The van der Waals surface area contributed by atoms with Crippen molar-refractivity contribution in [3.8, 4) is 0 Å². The Balaban J connectivity index is 1.07. The number of amides is 2. The van der Waals surface area contributed by atoms with E-state index in [1.165, 1.54) is 5.56 Å². The summed E-state index contributed by atoms with van der Waals surface area (Å²) in [5.41, 5.74) is 3.14. The second kappa shape index (κ2) is 11.0. The van der Waals surface area contributed by atoms with Gasteiger partial charge >= 0.3 is 0 Å². The van der Waals surface area contributed by atoms with Crippen molar-refractivity contribution in [2.24, 2.45) is 0 Å². The number of aliphatic hydroxyl groups is 1. The topological polar surface area (TPSA) is 120 Å². The number of aromatic nitrogens is 1.